The van der Waals surface area contributed by atoms with Gasteiger partial charge in [-0.15, -0.1) is 10.2 Å². The van der Waals surface area contributed by atoms with Gasteiger partial charge in [0.15, 0.2) is 0 Å². The topological polar surface area (TPSA) is 90.9 Å². The maximum Gasteiger partial charge on any atom is 0.273 e. The van der Waals surface area contributed by atoms with Crippen molar-refractivity contribution in [2.45, 2.75) is 44.8 Å². The van der Waals surface area contributed by atoms with Crippen molar-refractivity contribution in [2.24, 2.45) is 17.0 Å². The number of primary sulfonamides is 1. The molecule has 1 heterocycles. The van der Waals surface area contributed by atoms with Gasteiger partial charge in [-0.2, -0.15) is 0 Å². The van der Waals surface area contributed by atoms with Crippen LogP contribution in [0.5, 0.6) is 0 Å². The molecule has 0 amide bonds. The van der Waals surface area contributed by atoms with Gasteiger partial charge in [0, 0.05) is 13.0 Å². The second-order valence-corrected chi connectivity index (χ2v) is 6.55. The fourth-order valence-electron chi connectivity index (χ4n) is 1.81. The number of rotatable bonds is 5. The van der Waals surface area contributed by atoms with E-state index in [1.54, 1.807) is 4.57 Å². The zero-order valence-corrected chi connectivity index (χ0v) is 10.9. The van der Waals surface area contributed by atoms with E-state index in [0.717, 1.165) is 12.2 Å². The predicted molar refractivity (Wildman–Crippen MR) is 62.7 cm³/mol. The second-order valence-electron chi connectivity index (χ2n) is 5.10. The van der Waals surface area contributed by atoms with Crippen LogP contribution in [0.2, 0.25) is 0 Å². The molecule has 1 aromatic heterocycles. The van der Waals surface area contributed by atoms with Crippen LogP contribution in [0.25, 0.3) is 0 Å². The summed E-state index contributed by atoms with van der Waals surface area (Å²) in [6, 6.07) is 0. The van der Waals surface area contributed by atoms with E-state index in [9.17, 15) is 8.42 Å². The molecule has 0 aliphatic heterocycles. The Labute approximate surface area is 101 Å². The summed E-state index contributed by atoms with van der Waals surface area (Å²) in [6.45, 7) is 4.63. The quantitative estimate of drug-likeness (QED) is 0.834. The van der Waals surface area contributed by atoms with Crippen molar-refractivity contribution in [1.82, 2.24) is 14.8 Å². The zero-order valence-electron chi connectivity index (χ0n) is 10.1. The van der Waals surface area contributed by atoms with Crippen LogP contribution in [0.15, 0.2) is 5.16 Å². The van der Waals surface area contributed by atoms with Crippen molar-refractivity contribution in [3.63, 3.8) is 0 Å². The minimum Gasteiger partial charge on any atom is -0.300 e. The van der Waals surface area contributed by atoms with Gasteiger partial charge in [0.1, 0.15) is 5.82 Å². The number of nitrogens with two attached hydrogens (primary N) is 1. The van der Waals surface area contributed by atoms with E-state index in [2.05, 4.69) is 10.2 Å². The van der Waals surface area contributed by atoms with Crippen LogP contribution >= 0.6 is 0 Å². The lowest BCUT2D eigenvalue weighted by Crippen LogP contribution is -2.21. The summed E-state index contributed by atoms with van der Waals surface area (Å²) >= 11 is 0. The first kappa shape index (κ1) is 12.5. The van der Waals surface area contributed by atoms with Crippen molar-refractivity contribution in [3.8, 4) is 0 Å². The molecule has 0 saturated heterocycles. The Morgan fingerprint density at radius 1 is 1.41 bits per heavy atom. The van der Waals surface area contributed by atoms with E-state index in [0.29, 0.717) is 18.4 Å². The van der Waals surface area contributed by atoms with Gasteiger partial charge < -0.3 is 4.57 Å². The number of hydrogen-bond donors (Lipinski definition) is 1. The molecule has 0 bridgehead atoms. The fraction of sp³-hybridized carbons (Fsp3) is 0.800. The normalized spacial score (nSPS) is 16.7. The largest absolute Gasteiger partial charge is 0.300 e. The van der Waals surface area contributed by atoms with E-state index < -0.39 is 10.0 Å². The average molecular weight is 258 g/mol. The van der Waals surface area contributed by atoms with Gasteiger partial charge in [0.05, 0.1) is 0 Å². The highest BCUT2D eigenvalue weighted by Gasteiger charge is 2.27. The summed E-state index contributed by atoms with van der Waals surface area (Å²) in [4.78, 5) is 0. The lowest BCUT2D eigenvalue weighted by atomic mass is 10.2. The van der Waals surface area contributed by atoms with Crippen molar-refractivity contribution in [3.05, 3.63) is 5.82 Å². The molecular formula is C10H18N4O2S. The van der Waals surface area contributed by atoms with Crippen LogP contribution in [-0.4, -0.2) is 23.2 Å². The summed E-state index contributed by atoms with van der Waals surface area (Å²) in [5, 5.41) is 12.7. The highest BCUT2D eigenvalue weighted by molar-refractivity contribution is 7.89. The molecule has 1 aliphatic carbocycles. The molecule has 6 nitrogen and oxygen atoms in total. The molecule has 0 radical (unpaired) electrons. The summed E-state index contributed by atoms with van der Waals surface area (Å²) in [6.07, 6.45) is 3.19. The van der Waals surface area contributed by atoms with E-state index in [4.69, 9.17) is 5.14 Å². The first-order valence-electron chi connectivity index (χ1n) is 5.83. The molecule has 0 unspecified atom stereocenters. The molecule has 2 N–H and O–H groups in total. The first-order chi connectivity index (χ1) is 7.88. The number of aromatic nitrogens is 3. The van der Waals surface area contributed by atoms with E-state index >= 15 is 0 Å². The van der Waals surface area contributed by atoms with Crippen LogP contribution in [0.4, 0.5) is 0 Å². The number of sulfonamides is 1. The van der Waals surface area contributed by atoms with Gasteiger partial charge in [-0.05, 0) is 24.7 Å². The Morgan fingerprint density at radius 2 is 2.06 bits per heavy atom. The lowest BCUT2D eigenvalue weighted by molar-refractivity contribution is 0.466. The molecule has 0 spiro atoms. The SMILES string of the molecule is CC(C)Cn1c(CC2CC2)nnc1S(N)(=O)=O. The van der Waals surface area contributed by atoms with Crippen LogP contribution < -0.4 is 5.14 Å². The van der Waals surface area contributed by atoms with E-state index in [1.165, 1.54) is 12.8 Å². The van der Waals surface area contributed by atoms with Gasteiger partial charge in [-0.3, -0.25) is 0 Å². The van der Waals surface area contributed by atoms with E-state index in [1.807, 2.05) is 13.8 Å². The van der Waals surface area contributed by atoms with Crippen molar-refractivity contribution in [2.75, 3.05) is 0 Å². The summed E-state index contributed by atoms with van der Waals surface area (Å²) in [5.41, 5.74) is 0. The molecule has 0 aromatic carbocycles. The van der Waals surface area contributed by atoms with Crippen LogP contribution in [0.3, 0.4) is 0 Å². The fourth-order valence-corrected chi connectivity index (χ4v) is 2.45. The Morgan fingerprint density at radius 3 is 2.53 bits per heavy atom. The molecule has 1 saturated carbocycles. The molecule has 17 heavy (non-hydrogen) atoms. The van der Waals surface area contributed by atoms with E-state index in [-0.39, 0.29) is 5.16 Å². The molecule has 0 atom stereocenters. The van der Waals surface area contributed by atoms with Crippen molar-refractivity contribution in [1.29, 1.82) is 0 Å². The molecule has 1 fully saturated rings. The molecule has 2 rings (SSSR count). The smallest absolute Gasteiger partial charge is 0.273 e. The van der Waals surface area contributed by atoms with Crippen LogP contribution in [0.1, 0.15) is 32.5 Å². The number of hydrogen-bond acceptors (Lipinski definition) is 4. The molecule has 1 aromatic rings. The Hall–Kier alpha value is -0.950. The molecule has 7 heteroatoms. The summed E-state index contributed by atoms with van der Waals surface area (Å²) < 4.78 is 24.5. The third kappa shape index (κ3) is 3.04. The molecule has 1 aliphatic rings. The van der Waals surface area contributed by atoms with Gasteiger partial charge in [-0.25, -0.2) is 13.6 Å². The monoisotopic (exact) mass is 258 g/mol. The van der Waals surface area contributed by atoms with Crippen molar-refractivity contribution >= 4 is 10.0 Å². The van der Waals surface area contributed by atoms with Crippen LogP contribution in [-0.2, 0) is 23.0 Å². The standard InChI is InChI=1S/C10H18N4O2S/c1-7(2)6-14-9(5-8-3-4-8)12-13-10(14)17(11,15)16/h7-8H,3-6H2,1-2H3,(H2,11,15,16). The Balaban J connectivity index is 2.34. The summed E-state index contributed by atoms with van der Waals surface area (Å²) in [5.74, 6) is 1.70. The third-order valence-electron chi connectivity index (χ3n) is 2.76. The van der Waals surface area contributed by atoms with Gasteiger partial charge >= 0.3 is 0 Å². The number of nitrogens with zero attached hydrogens (tertiary/aromatic N) is 3. The lowest BCUT2D eigenvalue weighted by Gasteiger charge is -2.11. The second kappa shape index (κ2) is 4.38. The van der Waals surface area contributed by atoms with Gasteiger partial charge in [-0.1, -0.05) is 13.8 Å². The summed E-state index contributed by atoms with van der Waals surface area (Å²) in [7, 11) is -3.78. The zero-order chi connectivity index (χ0) is 12.6. The first-order valence-corrected chi connectivity index (χ1v) is 7.37. The molecule has 96 valence electrons. The minimum absolute atomic E-state index is 0.109. The van der Waals surface area contributed by atoms with Crippen molar-refractivity contribution < 1.29 is 8.42 Å². The van der Waals surface area contributed by atoms with Gasteiger partial charge in [0.25, 0.3) is 15.2 Å². The van der Waals surface area contributed by atoms with Gasteiger partial charge in [0.2, 0.25) is 0 Å². The maximum atomic E-state index is 11.4. The maximum absolute atomic E-state index is 11.4. The van der Waals surface area contributed by atoms with Crippen LogP contribution in [0, 0.1) is 11.8 Å². The highest BCUT2D eigenvalue weighted by Crippen LogP contribution is 2.32. The Bertz CT molecular complexity index is 502. The Kier molecular flexibility index (Phi) is 3.22. The predicted octanol–water partition coefficient (Wildman–Crippen LogP) is 0.534. The minimum atomic E-state index is -3.78. The average Bonchev–Trinajstić information content (AvgIpc) is 2.87. The third-order valence-corrected chi connectivity index (χ3v) is 3.57. The molecular weight excluding hydrogens is 240 g/mol. The highest BCUT2D eigenvalue weighted by atomic mass is 32.2.